The van der Waals surface area contributed by atoms with Crippen LogP contribution in [0.25, 0.3) is 0 Å². The van der Waals surface area contributed by atoms with E-state index in [1.165, 1.54) is 32.1 Å². The van der Waals surface area contributed by atoms with Crippen molar-refractivity contribution >= 4 is 5.97 Å². The summed E-state index contributed by atoms with van der Waals surface area (Å²) in [5.74, 6) is -0.421. The number of carbonyl (C=O) groups is 1. The van der Waals surface area contributed by atoms with Crippen molar-refractivity contribution in [3.8, 4) is 0 Å². The van der Waals surface area contributed by atoms with E-state index in [1.54, 1.807) is 0 Å². The van der Waals surface area contributed by atoms with Gasteiger partial charge in [0.1, 0.15) is 0 Å². The lowest BCUT2D eigenvalue weighted by molar-refractivity contribution is -0.138. The molecule has 0 aromatic heterocycles. The maximum absolute atomic E-state index is 11.0. The van der Waals surface area contributed by atoms with E-state index in [0.29, 0.717) is 18.6 Å². The third kappa shape index (κ3) is 5.04. The molecule has 2 rings (SSSR count). The van der Waals surface area contributed by atoms with E-state index in [2.05, 4.69) is 10.2 Å². The van der Waals surface area contributed by atoms with Gasteiger partial charge in [-0.1, -0.05) is 19.3 Å². The summed E-state index contributed by atoms with van der Waals surface area (Å²) < 4.78 is 0. The summed E-state index contributed by atoms with van der Waals surface area (Å²) in [6.07, 6.45) is 7.84. The van der Waals surface area contributed by atoms with Crippen molar-refractivity contribution in [3.05, 3.63) is 0 Å². The summed E-state index contributed by atoms with van der Waals surface area (Å²) in [5.41, 5.74) is 5.66. The number of nitrogens with one attached hydrogen (secondary N) is 1. The fraction of sp³-hybridized carbons (Fsp3) is 0.933. The fourth-order valence-electron chi connectivity index (χ4n) is 3.79. The van der Waals surface area contributed by atoms with E-state index < -0.39 is 5.97 Å². The maximum atomic E-state index is 11.0. The molecule has 116 valence electrons. The molecule has 2 unspecified atom stereocenters. The molecule has 1 heterocycles. The first-order valence-corrected chi connectivity index (χ1v) is 8.07. The first kappa shape index (κ1) is 15.7. The van der Waals surface area contributed by atoms with Crippen molar-refractivity contribution in [2.45, 2.75) is 57.0 Å². The average molecular weight is 283 g/mol. The fourth-order valence-corrected chi connectivity index (χ4v) is 3.79. The molecule has 0 bridgehead atoms. The summed E-state index contributed by atoms with van der Waals surface area (Å²) in [7, 11) is 0. The lowest BCUT2D eigenvalue weighted by Crippen LogP contribution is -2.53. The zero-order valence-corrected chi connectivity index (χ0v) is 12.4. The minimum Gasteiger partial charge on any atom is -0.481 e. The standard InChI is InChI=1S/C15H29N3O2/c16-6-7-18-10-12(9-15(19)20)8-14(11-18)17-13-4-2-1-3-5-13/h12-14,17H,1-11,16H2,(H,19,20). The monoisotopic (exact) mass is 283 g/mol. The Morgan fingerprint density at radius 1 is 1.20 bits per heavy atom. The van der Waals surface area contributed by atoms with Gasteiger partial charge in [0.05, 0.1) is 0 Å². The van der Waals surface area contributed by atoms with Gasteiger partial charge in [-0.05, 0) is 25.2 Å². The van der Waals surface area contributed by atoms with E-state index in [4.69, 9.17) is 10.8 Å². The van der Waals surface area contributed by atoms with Crippen LogP contribution in [0.3, 0.4) is 0 Å². The van der Waals surface area contributed by atoms with Crippen LogP contribution in [-0.2, 0) is 4.79 Å². The van der Waals surface area contributed by atoms with Crippen molar-refractivity contribution in [2.24, 2.45) is 11.7 Å². The van der Waals surface area contributed by atoms with E-state index >= 15 is 0 Å². The van der Waals surface area contributed by atoms with Crippen molar-refractivity contribution in [1.29, 1.82) is 0 Å². The summed E-state index contributed by atoms with van der Waals surface area (Å²) in [4.78, 5) is 13.3. The lowest BCUT2D eigenvalue weighted by atomic mass is 9.89. The largest absolute Gasteiger partial charge is 0.481 e. The Bertz CT molecular complexity index is 305. The lowest BCUT2D eigenvalue weighted by Gasteiger charge is -2.39. The zero-order valence-electron chi connectivity index (χ0n) is 12.4. The Labute approximate surface area is 121 Å². The van der Waals surface area contributed by atoms with Crippen LogP contribution in [0.4, 0.5) is 0 Å². The number of aliphatic carboxylic acids is 1. The van der Waals surface area contributed by atoms with Crippen LogP contribution >= 0.6 is 0 Å². The van der Waals surface area contributed by atoms with E-state index in [0.717, 1.165) is 26.1 Å². The first-order chi connectivity index (χ1) is 9.67. The number of piperidine rings is 1. The van der Waals surface area contributed by atoms with Gasteiger partial charge in [-0.3, -0.25) is 4.79 Å². The third-order valence-electron chi connectivity index (χ3n) is 4.60. The normalized spacial score (nSPS) is 29.4. The molecule has 20 heavy (non-hydrogen) atoms. The molecule has 4 N–H and O–H groups in total. The van der Waals surface area contributed by atoms with Gasteiger partial charge in [-0.15, -0.1) is 0 Å². The zero-order chi connectivity index (χ0) is 14.4. The predicted octanol–water partition coefficient (Wildman–Crippen LogP) is 1.03. The molecule has 0 aromatic carbocycles. The van der Waals surface area contributed by atoms with Crippen molar-refractivity contribution in [1.82, 2.24) is 10.2 Å². The van der Waals surface area contributed by atoms with Gasteiger partial charge in [0, 0.05) is 44.7 Å². The Kier molecular flexibility index (Phi) is 6.26. The Hall–Kier alpha value is -0.650. The van der Waals surface area contributed by atoms with Crippen molar-refractivity contribution in [3.63, 3.8) is 0 Å². The van der Waals surface area contributed by atoms with Crippen LogP contribution < -0.4 is 11.1 Å². The molecular weight excluding hydrogens is 254 g/mol. The summed E-state index contributed by atoms with van der Waals surface area (Å²) in [6.45, 7) is 3.42. The second kappa shape index (κ2) is 7.96. The number of nitrogens with two attached hydrogens (primary N) is 1. The topological polar surface area (TPSA) is 78.6 Å². The molecule has 0 amide bonds. The molecule has 5 nitrogen and oxygen atoms in total. The van der Waals surface area contributed by atoms with Gasteiger partial charge in [0.2, 0.25) is 0 Å². The Balaban J connectivity index is 1.86. The minimum atomic E-state index is -0.680. The Morgan fingerprint density at radius 3 is 2.60 bits per heavy atom. The first-order valence-electron chi connectivity index (χ1n) is 8.07. The number of nitrogens with zero attached hydrogens (tertiary/aromatic N) is 1. The number of carboxylic acid groups (broad SMARTS) is 1. The van der Waals surface area contributed by atoms with E-state index in [-0.39, 0.29) is 12.3 Å². The third-order valence-corrected chi connectivity index (χ3v) is 4.60. The molecule has 1 saturated heterocycles. The van der Waals surface area contributed by atoms with Crippen LogP contribution in [0.15, 0.2) is 0 Å². The van der Waals surface area contributed by atoms with Gasteiger partial charge in [0.15, 0.2) is 0 Å². The van der Waals surface area contributed by atoms with Crippen LogP contribution in [0.5, 0.6) is 0 Å². The quantitative estimate of drug-likeness (QED) is 0.678. The minimum absolute atomic E-state index is 0.258. The second-order valence-electron chi connectivity index (χ2n) is 6.45. The van der Waals surface area contributed by atoms with Crippen molar-refractivity contribution in [2.75, 3.05) is 26.2 Å². The van der Waals surface area contributed by atoms with E-state index in [9.17, 15) is 4.79 Å². The molecule has 5 heteroatoms. The molecule has 2 aliphatic rings. The molecule has 1 aliphatic heterocycles. The molecule has 0 radical (unpaired) electrons. The highest BCUT2D eigenvalue weighted by Crippen LogP contribution is 2.23. The summed E-state index contributed by atoms with van der Waals surface area (Å²) in [5, 5.41) is 12.8. The SMILES string of the molecule is NCCN1CC(CC(=O)O)CC(NC2CCCCC2)C1. The van der Waals surface area contributed by atoms with Gasteiger partial charge in [-0.25, -0.2) is 0 Å². The Morgan fingerprint density at radius 2 is 1.95 bits per heavy atom. The average Bonchev–Trinajstić information content (AvgIpc) is 2.39. The van der Waals surface area contributed by atoms with Gasteiger partial charge in [-0.2, -0.15) is 0 Å². The highest BCUT2D eigenvalue weighted by Gasteiger charge is 2.29. The number of hydrogen-bond donors (Lipinski definition) is 3. The maximum Gasteiger partial charge on any atom is 0.303 e. The van der Waals surface area contributed by atoms with Crippen molar-refractivity contribution < 1.29 is 9.90 Å². The predicted molar refractivity (Wildman–Crippen MR) is 79.7 cm³/mol. The van der Waals surface area contributed by atoms with Crippen LogP contribution in [-0.4, -0.2) is 54.2 Å². The van der Waals surface area contributed by atoms with Gasteiger partial charge >= 0.3 is 5.97 Å². The molecular formula is C15H29N3O2. The van der Waals surface area contributed by atoms with Gasteiger partial charge in [0.25, 0.3) is 0 Å². The summed E-state index contributed by atoms with van der Waals surface area (Å²) in [6, 6.07) is 1.07. The molecule has 1 aliphatic carbocycles. The van der Waals surface area contributed by atoms with Crippen LogP contribution in [0, 0.1) is 5.92 Å². The number of rotatable bonds is 6. The molecule has 2 fully saturated rings. The number of likely N-dealkylation sites (tertiary alicyclic amines) is 1. The smallest absolute Gasteiger partial charge is 0.303 e. The summed E-state index contributed by atoms with van der Waals surface area (Å²) >= 11 is 0. The molecule has 1 saturated carbocycles. The van der Waals surface area contributed by atoms with Crippen LogP contribution in [0.2, 0.25) is 0 Å². The second-order valence-corrected chi connectivity index (χ2v) is 6.45. The highest BCUT2D eigenvalue weighted by molar-refractivity contribution is 5.67. The van der Waals surface area contributed by atoms with Gasteiger partial charge < -0.3 is 21.1 Å². The number of hydrogen-bond acceptors (Lipinski definition) is 4. The van der Waals surface area contributed by atoms with E-state index in [1.807, 2.05) is 0 Å². The molecule has 0 aromatic rings. The number of carboxylic acids is 1. The molecule has 2 atom stereocenters. The highest BCUT2D eigenvalue weighted by atomic mass is 16.4. The van der Waals surface area contributed by atoms with Crippen LogP contribution in [0.1, 0.15) is 44.9 Å². The molecule has 0 spiro atoms.